The molecule has 4 nitrogen and oxygen atoms in total. The summed E-state index contributed by atoms with van der Waals surface area (Å²) in [5, 5.41) is 12.3. The number of ether oxygens (including phenoxy) is 2. The lowest BCUT2D eigenvalue weighted by molar-refractivity contribution is 0.0674. The summed E-state index contributed by atoms with van der Waals surface area (Å²) in [5.41, 5.74) is 2.56. The van der Waals surface area contributed by atoms with Crippen LogP contribution in [0.1, 0.15) is 59.0 Å². The van der Waals surface area contributed by atoms with Crippen molar-refractivity contribution < 1.29 is 19.4 Å². The van der Waals surface area contributed by atoms with Gasteiger partial charge in [0.15, 0.2) is 0 Å². The Kier molecular flexibility index (Phi) is 4.73. The van der Waals surface area contributed by atoms with Gasteiger partial charge in [-0.2, -0.15) is 0 Å². The minimum Gasteiger partial charge on any atom is -0.478 e. The van der Waals surface area contributed by atoms with Gasteiger partial charge in [0, 0.05) is 26.4 Å². The maximum Gasteiger partial charge on any atom is 0.336 e. The number of rotatable bonds is 3. The van der Waals surface area contributed by atoms with Crippen LogP contribution in [-0.2, 0) is 9.47 Å². The first-order valence-electron chi connectivity index (χ1n) is 9.20. The summed E-state index contributed by atoms with van der Waals surface area (Å²) in [7, 11) is 0. The molecular weight excluding hydrogens is 316 g/mol. The van der Waals surface area contributed by atoms with Gasteiger partial charge in [-0.25, -0.2) is 4.79 Å². The fourth-order valence-electron chi connectivity index (χ4n) is 4.38. The zero-order chi connectivity index (χ0) is 17.2. The fraction of sp³-hybridized carbons (Fsp3) is 0.476. The Morgan fingerprint density at radius 1 is 0.920 bits per heavy atom. The molecule has 0 aromatic heterocycles. The second kappa shape index (κ2) is 7.14. The van der Waals surface area contributed by atoms with E-state index in [1.165, 1.54) is 0 Å². The van der Waals surface area contributed by atoms with E-state index in [4.69, 9.17) is 9.47 Å². The maximum absolute atomic E-state index is 12.3. The molecule has 4 rings (SSSR count). The number of fused-ring (bicyclic) bond motifs is 1. The van der Waals surface area contributed by atoms with Crippen molar-refractivity contribution in [2.75, 3.05) is 26.4 Å². The first kappa shape index (κ1) is 16.6. The molecule has 2 aliphatic rings. The van der Waals surface area contributed by atoms with Crippen LogP contribution in [0.15, 0.2) is 30.3 Å². The summed E-state index contributed by atoms with van der Waals surface area (Å²) < 4.78 is 11.0. The molecule has 0 bridgehead atoms. The second-order valence-corrected chi connectivity index (χ2v) is 7.05. The van der Waals surface area contributed by atoms with Crippen LogP contribution in [-0.4, -0.2) is 37.5 Å². The third-order valence-corrected chi connectivity index (χ3v) is 5.62. The molecule has 0 radical (unpaired) electrons. The standard InChI is InChI=1S/C21H24O4/c22-21(23)20-18(14-5-9-24-10-6-14)13-16-3-1-2-4-17(16)19(20)15-7-11-25-12-8-15/h1-4,13-15H,5-12H2,(H,22,23). The minimum absolute atomic E-state index is 0.254. The van der Waals surface area contributed by atoms with Gasteiger partial charge >= 0.3 is 5.97 Å². The van der Waals surface area contributed by atoms with Crippen molar-refractivity contribution in [1.29, 1.82) is 0 Å². The highest BCUT2D eigenvalue weighted by Gasteiger charge is 2.30. The Hall–Kier alpha value is -1.91. The Morgan fingerprint density at radius 2 is 1.52 bits per heavy atom. The second-order valence-electron chi connectivity index (χ2n) is 7.05. The highest BCUT2D eigenvalue weighted by atomic mass is 16.5. The highest BCUT2D eigenvalue weighted by molar-refractivity contribution is 6.00. The van der Waals surface area contributed by atoms with Gasteiger partial charge in [-0.15, -0.1) is 0 Å². The molecular formula is C21H24O4. The van der Waals surface area contributed by atoms with E-state index in [9.17, 15) is 9.90 Å². The zero-order valence-corrected chi connectivity index (χ0v) is 14.4. The van der Waals surface area contributed by atoms with Gasteiger partial charge in [0.05, 0.1) is 5.56 Å². The normalized spacial score (nSPS) is 20.0. The molecule has 2 aromatic rings. The minimum atomic E-state index is -0.797. The van der Waals surface area contributed by atoms with Crippen molar-refractivity contribution in [3.05, 3.63) is 47.0 Å². The molecule has 25 heavy (non-hydrogen) atoms. The molecule has 0 atom stereocenters. The van der Waals surface area contributed by atoms with Gasteiger partial charge in [0.1, 0.15) is 0 Å². The van der Waals surface area contributed by atoms with E-state index in [0.717, 1.165) is 47.6 Å². The number of hydrogen-bond donors (Lipinski definition) is 1. The first-order chi connectivity index (χ1) is 12.3. The fourth-order valence-corrected chi connectivity index (χ4v) is 4.38. The molecule has 2 aromatic carbocycles. The van der Waals surface area contributed by atoms with Crippen LogP contribution < -0.4 is 0 Å². The molecule has 2 fully saturated rings. The van der Waals surface area contributed by atoms with Crippen molar-refractivity contribution >= 4 is 16.7 Å². The van der Waals surface area contributed by atoms with Gasteiger partial charge < -0.3 is 14.6 Å². The van der Waals surface area contributed by atoms with Crippen LogP contribution in [0.4, 0.5) is 0 Å². The summed E-state index contributed by atoms with van der Waals surface area (Å²) in [6, 6.07) is 10.3. The van der Waals surface area contributed by atoms with Gasteiger partial charge in [-0.05, 0) is 65.5 Å². The molecule has 0 unspecified atom stereocenters. The highest BCUT2D eigenvalue weighted by Crippen LogP contribution is 2.41. The lowest BCUT2D eigenvalue weighted by atomic mass is 9.78. The van der Waals surface area contributed by atoms with E-state index < -0.39 is 5.97 Å². The summed E-state index contributed by atoms with van der Waals surface area (Å²) in [6.45, 7) is 2.84. The third-order valence-electron chi connectivity index (χ3n) is 5.62. The predicted molar refractivity (Wildman–Crippen MR) is 96.5 cm³/mol. The van der Waals surface area contributed by atoms with Crippen molar-refractivity contribution in [2.45, 2.75) is 37.5 Å². The average molecular weight is 340 g/mol. The molecule has 2 aliphatic heterocycles. The zero-order valence-electron chi connectivity index (χ0n) is 14.4. The first-order valence-corrected chi connectivity index (χ1v) is 9.20. The van der Waals surface area contributed by atoms with E-state index in [1.807, 2.05) is 12.1 Å². The van der Waals surface area contributed by atoms with E-state index in [1.54, 1.807) is 0 Å². The molecule has 0 amide bonds. The Bertz CT molecular complexity index is 771. The summed E-state index contributed by atoms with van der Waals surface area (Å²) >= 11 is 0. The van der Waals surface area contributed by atoms with E-state index in [0.29, 0.717) is 32.0 Å². The lowest BCUT2D eigenvalue weighted by Gasteiger charge is -2.29. The molecule has 2 heterocycles. The molecule has 1 N–H and O–H groups in total. The smallest absolute Gasteiger partial charge is 0.336 e. The number of benzene rings is 2. The number of carboxylic acids is 1. The van der Waals surface area contributed by atoms with E-state index in [-0.39, 0.29) is 11.8 Å². The number of carbonyl (C=O) groups is 1. The van der Waals surface area contributed by atoms with Gasteiger partial charge in [0.2, 0.25) is 0 Å². The molecule has 0 saturated carbocycles. The third kappa shape index (κ3) is 3.16. The van der Waals surface area contributed by atoms with Crippen molar-refractivity contribution in [3.63, 3.8) is 0 Å². The van der Waals surface area contributed by atoms with Crippen molar-refractivity contribution in [2.24, 2.45) is 0 Å². The Morgan fingerprint density at radius 3 is 2.16 bits per heavy atom. The summed E-state index contributed by atoms with van der Waals surface area (Å²) in [4.78, 5) is 12.3. The van der Waals surface area contributed by atoms with Crippen LogP contribution in [0.2, 0.25) is 0 Å². The number of aromatic carboxylic acids is 1. The number of carboxylic acid groups (broad SMARTS) is 1. The molecule has 4 heteroatoms. The SMILES string of the molecule is O=C(O)c1c(C2CCOCC2)cc2ccccc2c1C1CCOCC1. The van der Waals surface area contributed by atoms with Crippen LogP contribution in [0.5, 0.6) is 0 Å². The lowest BCUT2D eigenvalue weighted by Crippen LogP contribution is -2.21. The van der Waals surface area contributed by atoms with E-state index in [2.05, 4.69) is 18.2 Å². The van der Waals surface area contributed by atoms with Crippen LogP contribution in [0.25, 0.3) is 10.8 Å². The summed E-state index contributed by atoms with van der Waals surface area (Å²) in [6.07, 6.45) is 3.57. The van der Waals surface area contributed by atoms with Gasteiger partial charge in [0.25, 0.3) is 0 Å². The largest absolute Gasteiger partial charge is 0.478 e. The van der Waals surface area contributed by atoms with Gasteiger partial charge in [-0.1, -0.05) is 24.3 Å². The quantitative estimate of drug-likeness (QED) is 0.904. The molecule has 132 valence electrons. The summed E-state index contributed by atoms with van der Waals surface area (Å²) in [5.74, 6) is -0.277. The molecule has 0 aliphatic carbocycles. The van der Waals surface area contributed by atoms with Crippen LogP contribution in [0.3, 0.4) is 0 Å². The number of hydrogen-bond acceptors (Lipinski definition) is 3. The monoisotopic (exact) mass is 340 g/mol. The van der Waals surface area contributed by atoms with Gasteiger partial charge in [-0.3, -0.25) is 0 Å². The van der Waals surface area contributed by atoms with Crippen molar-refractivity contribution in [1.82, 2.24) is 0 Å². The van der Waals surface area contributed by atoms with E-state index >= 15 is 0 Å². The Labute approximate surface area is 147 Å². The topological polar surface area (TPSA) is 55.8 Å². The van der Waals surface area contributed by atoms with Crippen molar-refractivity contribution in [3.8, 4) is 0 Å². The molecule has 0 spiro atoms. The molecule has 2 saturated heterocycles. The van der Waals surface area contributed by atoms with Crippen LogP contribution >= 0.6 is 0 Å². The maximum atomic E-state index is 12.3. The Balaban J connectivity index is 1.94. The van der Waals surface area contributed by atoms with Crippen LogP contribution in [0, 0.1) is 0 Å². The predicted octanol–water partition coefficient (Wildman–Crippen LogP) is 4.33. The average Bonchev–Trinajstić information content (AvgIpc) is 2.67.